The van der Waals surface area contributed by atoms with Crippen LogP contribution in [0.4, 0.5) is 0 Å². The molecule has 102 heavy (non-hydrogen) atoms. The Morgan fingerprint density at radius 3 is 1.69 bits per heavy atom. The number of nitrogens with zero attached hydrogens (tertiary/aromatic N) is 4. The maximum absolute atomic E-state index is 10.4. The second-order valence-corrected chi connectivity index (χ2v) is 29.6. The predicted octanol–water partition coefficient (Wildman–Crippen LogP) is 25.4. The van der Waals surface area contributed by atoms with E-state index in [1.807, 2.05) is 103 Å². The SMILES string of the molecule is [2H]c1c([2H])c([2H])c(-c2c([2H])c(-c3ccc4c(c3)-c3cccc(-c5cc(C(C)(C)C)cc(C(C)(C)C)c5)c3-[n+]3[c-]n(-c5cccc(Oc6ccc7c8ccccc8n(-c8cc(C(C)(C)C)ccn8)c7c6)c5)c5cc(-c6ccc7oc8ccccc8c7c6)cc(c53)-c3ccccc3-4)c([2H])c(-c3c([2H])c([2H])c([2H])c([2H])c3[2H])c2[2H])c([2H])c1[2H]. The third-order valence-corrected chi connectivity index (χ3v) is 19.9. The zero-order valence-electron chi connectivity index (χ0n) is 70.9. The highest BCUT2D eigenvalue weighted by molar-refractivity contribution is 6.11. The van der Waals surface area contributed by atoms with Crippen LogP contribution in [0.2, 0.25) is 0 Å². The lowest BCUT2D eigenvalue weighted by Crippen LogP contribution is -2.32. The van der Waals surface area contributed by atoms with Gasteiger partial charge in [0.1, 0.15) is 28.5 Å². The van der Waals surface area contributed by atoms with Crippen LogP contribution in [-0.2, 0) is 16.2 Å². The highest BCUT2D eigenvalue weighted by Gasteiger charge is 2.30. The molecule has 0 N–H and O–H groups in total. The van der Waals surface area contributed by atoms with Crippen LogP contribution < -0.4 is 9.30 Å². The molecule has 0 amide bonds. The summed E-state index contributed by atoms with van der Waals surface area (Å²) in [5, 5.41) is 4.05. The van der Waals surface area contributed by atoms with Crippen LogP contribution in [0.1, 0.15) is 96.8 Å². The van der Waals surface area contributed by atoms with Crippen LogP contribution in [0.5, 0.6) is 11.5 Å². The molecule has 1 aliphatic heterocycles. The molecule has 492 valence electrons. The molecule has 0 saturated carbocycles. The number of hydrogen-bond donors (Lipinski definition) is 0. The number of rotatable bonds is 9. The fourth-order valence-corrected chi connectivity index (χ4v) is 14.6. The van der Waals surface area contributed by atoms with Crippen LogP contribution in [-0.4, -0.2) is 14.1 Å². The zero-order valence-corrected chi connectivity index (χ0v) is 57.9. The number of pyridine rings is 1. The maximum Gasteiger partial charge on any atom is 0.269 e. The largest absolute Gasteiger partial charge is 0.458 e. The third kappa shape index (κ3) is 10.8. The van der Waals surface area contributed by atoms with Gasteiger partial charge in [-0.2, -0.15) is 0 Å². The van der Waals surface area contributed by atoms with Gasteiger partial charge in [0.15, 0.2) is 0 Å². The molecule has 4 aromatic heterocycles. The minimum atomic E-state index is -0.744. The van der Waals surface area contributed by atoms with E-state index in [4.69, 9.17) is 22.4 Å². The number of fused-ring (bicyclic) bond motifs is 13. The molecular weight excluding hydrogens is 1240 g/mol. The van der Waals surface area contributed by atoms with Crippen molar-refractivity contribution in [2.75, 3.05) is 0 Å². The van der Waals surface area contributed by atoms with Gasteiger partial charge in [-0.15, -0.1) is 0 Å². The van der Waals surface area contributed by atoms with Crippen molar-refractivity contribution in [3.05, 3.63) is 320 Å². The summed E-state index contributed by atoms with van der Waals surface area (Å²) >= 11 is 0. The van der Waals surface area contributed by atoms with Gasteiger partial charge in [0.2, 0.25) is 0 Å². The molecule has 6 heteroatoms. The van der Waals surface area contributed by atoms with E-state index in [1.54, 1.807) is 6.07 Å². The van der Waals surface area contributed by atoms with E-state index in [0.717, 1.165) is 122 Å². The molecule has 5 heterocycles. The van der Waals surface area contributed by atoms with Crippen molar-refractivity contribution in [1.29, 1.82) is 0 Å². The molecule has 13 aromatic carbocycles. The Morgan fingerprint density at radius 2 is 0.961 bits per heavy atom. The number of benzene rings is 13. The van der Waals surface area contributed by atoms with E-state index >= 15 is 0 Å². The first-order chi connectivity index (χ1) is 54.8. The van der Waals surface area contributed by atoms with Gasteiger partial charge in [0.25, 0.3) is 6.33 Å². The van der Waals surface area contributed by atoms with Crippen LogP contribution >= 0.6 is 0 Å². The van der Waals surface area contributed by atoms with Crippen molar-refractivity contribution in [1.82, 2.24) is 14.1 Å². The van der Waals surface area contributed by atoms with Crippen molar-refractivity contribution in [2.24, 2.45) is 0 Å². The fraction of sp³-hybridized carbons (Fsp3) is 0.125. The highest BCUT2D eigenvalue weighted by Crippen LogP contribution is 2.50. The average molecular weight is 1330 g/mol. The Kier molecular flexibility index (Phi) is 11.5. The third-order valence-electron chi connectivity index (χ3n) is 19.9. The van der Waals surface area contributed by atoms with Crippen molar-refractivity contribution >= 4 is 54.8 Å². The van der Waals surface area contributed by atoms with Crippen LogP contribution in [0.15, 0.2) is 301 Å². The van der Waals surface area contributed by atoms with Crippen LogP contribution in [0.3, 0.4) is 0 Å². The van der Waals surface area contributed by atoms with E-state index in [9.17, 15) is 9.60 Å². The lowest BCUT2D eigenvalue weighted by atomic mass is 9.78. The zero-order chi connectivity index (χ0) is 80.7. The minimum Gasteiger partial charge on any atom is -0.458 e. The van der Waals surface area contributed by atoms with Crippen molar-refractivity contribution in [3.8, 4) is 118 Å². The molecular formula is C96H76N4O2. The minimum absolute atomic E-state index is 0.130. The number of aromatic nitrogens is 4. The molecule has 0 atom stereocenters. The van der Waals surface area contributed by atoms with E-state index in [-0.39, 0.29) is 27.4 Å². The lowest BCUT2D eigenvalue weighted by molar-refractivity contribution is -0.570. The smallest absolute Gasteiger partial charge is 0.269 e. The molecule has 0 unspecified atom stereocenters. The summed E-state index contributed by atoms with van der Waals surface area (Å²) in [6.45, 7) is 19.9. The molecule has 0 spiro atoms. The molecule has 1 aliphatic rings. The average Bonchev–Trinajstić information content (AvgIpc) is 1.63. The van der Waals surface area contributed by atoms with Crippen LogP contribution in [0, 0.1) is 6.33 Å². The molecule has 0 fully saturated rings. The van der Waals surface area contributed by atoms with Gasteiger partial charge in [-0.25, -0.2) is 4.98 Å². The lowest BCUT2D eigenvalue weighted by Gasteiger charge is -2.27. The monoisotopic (exact) mass is 1330 g/mol. The number of para-hydroxylation sites is 3. The predicted molar refractivity (Wildman–Crippen MR) is 423 cm³/mol. The molecule has 0 aliphatic carbocycles. The number of furan rings is 1. The van der Waals surface area contributed by atoms with Crippen molar-refractivity contribution in [3.63, 3.8) is 0 Å². The van der Waals surface area contributed by atoms with E-state index in [1.165, 1.54) is 0 Å². The molecule has 17 aromatic rings. The first kappa shape index (κ1) is 49.4. The summed E-state index contributed by atoms with van der Waals surface area (Å²) in [5.41, 5.74) is 14.9. The Bertz CT molecular complexity index is 6880. The van der Waals surface area contributed by atoms with Gasteiger partial charge < -0.3 is 9.15 Å². The van der Waals surface area contributed by atoms with Gasteiger partial charge in [-0.1, -0.05) is 250 Å². The Morgan fingerprint density at radius 1 is 0.382 bits per heavy atom. The molecule has 0 radical (unpaired) electrons. The van der Waals surface area contributed by atoms with Crippen molar-refractivity contribution < 1.29 is 31.5 Å². The van der Waals surface area contributed by atoms with Gasteiger partial charge in [0.05, 0.1) is 51.3 Å². The summed E-state index contributed by atoms with van der Waals surface area (Å²) < 4.78 is 141. The molecule has 18 rings (SSSR count). The summed E-state index contributed by atoms with van der Waals surface area (Å²) in [7, 11) is 0. The Balaban J connectivity index is 0.937. The standard InChI is InChI=1S/C96H76N4O2/c1-94(2,3)69-44-45-97-91(56-69)100-86-36-20-18-32-79(86)80-42-40-74(58-87(80)100)101-73-29-22-28-72(57-73)98-59-99-92-75(68-49-70(95(4,5)6)55-71(50-68)96(7,8)9)34-23-35-82(92)83-51-62(66-47-64(60-24-12-10-13-25-60)46-65(48-66)61-26-14-11-15-27-61)38-41-78(83)76-30-16-17-31-77(76)85-53-67(54-88(98)93(85)99)63-39-43-90-84(52-63)81-33-19-21-37-89(81)102-90/h10-58H,1-9H3/i10D,11D,12D,13D,14D,15D,24D,25D,26D,27D,46D,47D,48D. The van der Waals surface area contributed by atoms with Crippen LogP contribution in [0.25, 0.3) is 161 Å². The summed E-state index contributed by atoms with van der Waals surface area (Å²) in [4.78, 5) is 4.96. The summed E-state index contributed by atoms with van der Waals surface area (Å²) in [6, 6.07) is 63.1. The molecule has 0 bridgehead atoms. The quantitative estimate of drug-likeness (QED) is 0.107. The topological polar surface area (TPSA) is 49.0 Å². The fourth-order valence-electron chi connectivity index (χ4n) is 14.6. The second kappa shape index (κ2) is 23.8. The van der Waals surface area contributed by atoms with E-state index < -0.39 is 101 Å². The number of imidazole rings is 1. The first-order valence-corrected chi connectivity index (χ1v) is 34.4. The number of hydrogen-bond acceptors (Lipinski definition) is 3. The van der Waals surface area contributed by atoms with Gasteiger partial charge in [-0.05, 0) is 219 Å². The molecule has 0 saturated heterocycles. The van der Waals surface area contributed by atoms with E-state index in [2.05, 4.69) is 192 Å². The first-order valence-electron chi connectivity index (χ1n) is 40.9. The number of ether oxygens (including phenoxy) is 1. The maximum atomic E-state index is 10.4. The van der Waals surface area contributed by atoms with Gasteiger partial charge in [0, 0.05) is 33.8 Å². The molecule has 6 nitrogen and oxygen atoms in total. The Labute approximate surface area is 614 Å². The van der Waals surface area contributed by atoms with Gasteiger partial charge in [-0.3, -0.25) is 13.7 Å². The summed E-state index contributed by atoms with van der Waals surface area (Å²) in [5.74, 6) is 1.95. The summed E-state index contributed by atoms with van der Waals surface area (Å²) in [6.07, 6.45) is 5.92. The second-order valence-electron chi connectivity index (χ2n) is 29.6. The van der Waals surface area contributed by atoms with Crippen molar-refractivity contribution in [2.45, 2.75) is 78.6 Å². The normalized spacial score (nSPS) is 14.1. The highest BCUT2D eigenvalue weighted by atomic mass is 16.5. The van der Waals surface area contributed by atoms with Gasteiger partial charge >= 0.3 is 0 Å². The van der Waals surface area contributed by atoms with E-state index in [0.29, 0.717) is 34.0 Å². The Hall–Kier alpha value is -12.1.